The zero-order valence-corrected chi connectivity index (χ0v) is 20.4. The molecule has 176 valence electrons. The van der Waals surface area contributed by atoms with Gasteiger partial charge in [0.05, 0.1) is 22.9 Å². The van der Waals surface area contributed by atoms with Crippen LogP contribution in [-0.2, 0) is 11.3 Å². The fourth-order valence-electron chi connectivity index (χ4n) is 3.91. The molecule has 4 rings (SSSR count). The maximum atomic E-state index is 12.9. The van der Waals surface area contributed by atoms with Crippen LogP contribution in [0.25, 0.3) is 15.9 Å². The summed E-state index contributed by atoms with van der Waals surface area (Å²) in [5.74, 6) is -0.00687. The van der Waals surface area contributed by atoms with Crippen LogP contribution in [0, 0.1) is 20.8 Å². The second-order valence-corrected chi connectivity index (χ2v) is 8.68. The van der Waals surface area contributed by atoms with Crippen molar-refractivity contribution in [2.45, 2.75) is 27.4 Å². The molecule has 9 nitrogen and oxygen atoms in total. The highest BCUT2D eigenvalue weighted by Gasteiger charge is 2.22. The third kappa shape index (κ3) is 4.25. The Balaban J connectivity index is 1.55. The number of aryl methyl sites for hydroxylation is 2. The molecule has 0 radical (unpaired) electrons. The second kappa shape index (κ2) is 9.62. The Hall–Kier alpha value is -3.76. The van der Waals surface area contributed by atoms with E-state index in [2.05, 4.69) is 20.8 Å². The minimum Gasteiger partial charge on any atom is -0.480 e. The van der Waals surface area contributed by atoms with Gasteiger partial charge in [-0.15, -0.1) is 11.3 Å². The van der Waals surface area contributed by atoms with E-state index in [1.807, 2.05) is 48.7 Å². The largest absolute Gasteiger partial charge is 0.480 e. The van der Waals surface area contributed by atoms with Crippen molar-refractivity contribution in [2.24, 2.45) is 0 Å². The fraction of sp³-hybridized carbons (Fsp3) is 0.250. The van der Waals surface area contributed by atoms with E-state index in [0.717, 1.165) is 17.1 Å². The number of amides is 2. The van der Waals surface area contributed by atoms with Crippen molar-refractivity contribution in [2.75, 3.05) is 14.2 Å². The molecule has 0 atom stereocenters. The summed E-state index contributed by atoms with van der Waals surface area (Å²) < 4.78 is 12.5. The number of hydrazine groups is 1. The molecule has 0 unspecified atom stereocenters. The number of hydrogen-bond acceptors (Lipinski definition) is 7. The molecule has 10 heteroatoms. The van der Waals surface area contributed by atoms with Gasteiger partial charge in [-0.05, 0) is 44.5 Å². The molecule has 0 fully saturated rings. The van der Waals surface area contributed by atoms with E-state index in [4.69, 9.17) is 9.47 Å². The fourth-order valence-corrected chi connectivity index (χ4v) is 4.99. The Labute approximate surface area is 200 Å². The van der Waals surface area contributed by atoms with Gasteiger partial charge in [-0.2, -0.15) is 4.98 Å². The molecule has 0 saturated heterocycles. The van der Waals surface area contributed by atoms with Crippen LogP contribution in [0.1, 0.15) is 42.8 Å². The number of nitrogens with zero attached hydrogens (tertiary/aromatic N) is 3. The molecule has 3 heterocycles. The third-order valence-electron chi connectivity index (χ3n) is 5.46. The molecule has 1 aromatic carbocycles. The van der Waals surface area contributed by atoms with Gasteiger partial charge in [-0.1, -0.05) is 18.2 Å². The Morgan fingerprint density at radius 3 is 2.41 bits per heavy atom. The summed E-state index contributed by atoms with van der Waals surface area (Å²) in [5.41, 5.74) is 8.86. The molecule has 34 heavy (non-hydrogen) atoms. The number of rotatable bonds is 6. The maximum absolute atomic E-state index is 12.9. The van der Waals surface area contributed by atoms with Crippen LogP contribution < -0.4 is 15.6 Å². The predicted octanol–water partition coefficient (Wildman–Crippen LogP) is 3.64. The Morgan fingerprint density at radius 2 is 1.74 bits per heavy atom. The Bertz CT molecular complexity index is 1380. The maximum Gasteiger partial charge on any atom is 0.280 e. The minimum absolute atomic E-state index is 0.224. The number of benzene rings is 1. The molecule has 0 spiro atoms. The van der Waals surface area contributed by atoms with Gasteiger partial charge in [0.2, 0.25) is 5.88 Å². The van der Waals surface area contributed by atoms with Crippen LogP contribution in [0.2, 0.25) is 0 Å². The van der Waals surface area contributed by atoms with Crippen LogP contribution >= 0.6 is 11.3 Å². The van der Waals surface area contributed by atoms with E-state index in [9.17, 15) is 9.59 Å². The number of methoxy groups -OCH3 is 2. The molecule has 0 aliphatic heterocycles. The number of fused-ring (bicyclic) bond motifs is 1. The molecule has 3 aromatic heterocycles. The first-order valence-corrected chi connectivity index (χ1v) is 11.3. The van der Waals surface area contributed by atoms with Crippen molar-refractivity contribution >= 4 is 33.4 Å². The SMILES string of the molecule is COCc1nc(OC)c2c(C)c(C(=O)NNC(=O)c3cc(C)n(-c4ccccc4)c3C)sc2n1. The average molecular weight is 480 g/mol. The number of para-hydroxylation sites is 1. The number of hydrogen-bond donors (Lipinski definition) is 2. The molecular formula is C24H25N5O4S. The van der Waals surface area contributed by atoms with Crippen molar-refractivity contribution < 1.29 is 19.1 Å². The van der Waals surface area contributed by atoms with Crippen LogP contribution in [-0.4, -0.2) is 40.6 Å². The third-order valence-corrected chi connectivity index (χ3v) is 6.64. The van der Waals surface area contributed by atoms with Crippen molar-refractivity contribution in [1.82, 2.24) is 25.4 Å². The number of thiophene rings is 1. The predicted molar refractivity (Wildman–Crippen MR) is 130 cm³/mol. The number of carbonyl (C=O) groups excluding carboxylic acids is 2. The summed E-state index contributed by atoms with van der Waals surface area (Å²) >= 11 is 1.20. The van der Waals surface area contributed by atoms with Crippen molar-refractivity contribution in [3.63, 3.8) is 0 Å². The van der Waals surface area contributed by atoms with Crippen molar-refractivity contribution in [3.05, 3.63) is 69.6 Å². The number of aromatic nitrogens is 3. The molecule has 4 aromatic rings. The van der Waals surface area contributed by atoms with E-state index in [0.29, 0.717) is 37.9 Å². The molecule has 0 aliphatic rings. The van der Waals surface area contributed by atoms with Gasteiger partial charge in [0, 0.05) is 24.2 Å². The molecule has 2 N–H and O–H groups in total. The van der Waals surface area contributed by atoms with E-state index >= 15 is 0 Å². The lowest BCUT2D eigenvalue weighted by molar-refractivity contribution is 0.0848. The smallest absolute Gasteiger partial charge is 0.280 e. The van der Waals surface area contributed by atoms with E-state index in [1.54, 1.807) is 20.1 Å². The van der Waals surface area contributed by atoms with Gasteiger partial charge in [0.15, 0.2) is 5.82 Å². The lowest BCUT2D eigenvalue weighted by Crippen LogP contribution is -2.41. The average Bonchev–Trinajstić information content (AvgIpc) is 3.33. The van der Waals surface area contributed by atoms with E-state index < -0.39 is 11.8 Å². The first-order chi connectivity index (χ1) is 16.3. The van der Waals surface area contributed by atoms with Crippen LogP contribution in [0.3, 0.4) is 0 Å². The summed E-state index contributed by atoms with van der Waals surface area (Å²) in [4.78, 5) is 35.6. The Kier molecular flexibility index (Phi) is 6.62. The zero-order chi connectivity index (χ0) is 24.4. The number of carbonyl (C=O) groups is 2. The van der Waals surface area contributed by atoms with E-state index in [1.165, 1.54) is 18.4 Å². The second-order valence-electron chi connectivity index (χ2n) is 7.68. The van der Waals surface area contributed by atoms with Crippen LogP contribution in [0.5, 0.6) is 5.88 Å². The molecule has 0 bridgehead atoms. The van der Waals surface area contributed by atoms with Gasteiger partial charge >= 0.3 is 0 Å². The lowest BCUT2D eigenvalue weighted by Gasteiger charge is -2.10. The van der Waals surface area contributed by atoms with Gasteiger partial charge in [-0.3, -0.25) is 20.4 Å². The molecular weight excluding hydrogens is 454 g/mol. The molecule has 2 amide bonds. The number of ether oxygens (including phenoxy) is 2. The normalized spacial score (nSPS) is 11.0. The summed E-state index contributed by atoms with van der Waals surface area (Å²) in [5, 5.41) is 0.662. The first-order valence-electron chi connectivity index (χ1n) is 10.5. The molecule has 0 saturated carbocycles. The number of nitrogens with one attached hydrogen (secondary N) is 2. The summed E-state index contributed by atoms with van der Waals surface area (Å²) in [6, 6.07) is 11.6. The highest BCUT2D eigenvalue weighted by molar-refractivity contribution is 7.20. The summed E-state index contributed by atoms with van der Waals surface area (Å²) in [6.07, 6.45) is 0. The first kappa shape index (κ1) is 23.4. The standard InChI is InChI=1S/C24H25N5O4S/c1-13-11-17(15(3)29(13)16-9-7-6-8-10-16)21(30)27-28-22(31)20-14(2)19-23(33-5)25-18(12-32-4)26-24(19)34-20/h6-11H,12H2,1-5H3,(H,27,30)(H,28,31). The van der Waals surface area contributed by atoms with Crippen LogP contribution in [0.4, 0.5) is 0 Å². The highest BCUT2D eigenvalue weighted by Crippen LogP contribution is 2.35. The molecule has 0 aliphatic carbocycles. The van der Waals surface area contributed by atoms with Gasteiger partial charge in [0.1, 0.15) is 11.4 Å². The lowest BCUT2D eigenvalue weighted by atomic mass is 10.2. The summed E-state index contributed by atoms with van der Waals surface area (Å²) in [7, 11) is 3.07. The van der Waals surface area contributed by atoms with Gasteiger partial charge in [0.25, 0.3) is 11.8 Å². The van der Waals surface area contributed by atoms with E-state index in [-0.39, 0.29) is 6.61 Å². The zero-order valence-electron chi connectivity index (χ0n) is 19.6. The monoisotopic (exact) mass is 479 g/mol. The van der Waals surface area contributed by atoms with Gasteiger partial charge in [-0.25, -0.2) is 4.98 Å². The van der Waals surface area contributed by atoms with Crippen LogP contribution in [0.15, 0.2) is 36.4 Å². The highest BCUT2D eigenvalue weighted by atomic mass is 32.1. The van der Waals surface area contributed by atoms with Gasteiger partial charge < -0.3 is 14.0 Å². The van der Waals surface area contributed by atoms with Crippen molar-refractivity contribution in [3.8, 4) is 11.6 Å². The Morgan fingerprint density at radius 1 is 1.03 bits per heavy atom. The summed E-state index contributed by atoms with van der Waals surface area (Å²) in [6.45, 7) is 5.82. The topological polar surface area (TPSA) is 107 Å². The van der Waals surface area contributed by atoms with Crippen molar-refractivity contribution in [1.29, 1.82) is 0 Å². The minimum atomic E-state index is -0.443. The quantitative estimate of drug-likeness (QED) is 0.409.